The second-order valence-electron chi connectivity index (χ2n) is 3.75. The molecule has 1 unspecified atom stereocenters. The zero-order valence-corrected chi connectivity index (χ0v) is 7.96. The molecule has 0 spiro atoms. The molecule has 3 nitrogen and oxygen atoms in total. The lowest BCUT2D eigenvalue weighted by Crippen LogP contribution is -2.19. The summed E-state index contributed by atoms with van der Waals surface area (Å²) >= 11 is 0. The molecule has 3 heteroatoms. The molecule has 0 saturated carbocycles. The molecule has 0 saturated heterocycles. The normalized spacial score (nSPS) is 19.9. The summed E-state index contributed by atoms with van der Waals surface area (Å²) in [4.78, 5) is 0. The molecule has 1 atom stereocenters. The van der Waals surface area contributed by atoms with Gasteiger partial charge in [0, 0.05) is 11.7 Å². The Balaban J connectivity index is 2.63. The SMILES string of the molecule is N#Cc1cc(N)cc2c1C(N)CCC2. The molecule has 0 radical (unpaired) electrons. The van der Waals surface area contributed by atoms with Gasteiger partial charge in [-0.2, -0.15) is 5.26 Å². The molecule has 1 aliphatic rings. The maximum absolute atomic E-state index is 8.97. The van der Waals surface area contributed by atoms with Crippen LogP contribution in [0.15, 0.2) is 12.1 Å². The van der Waals surface area contributed by atoms with E-state index in [1.54, 1.807) is 6.07 Å². The topological polar surface area (TPSA) is 75.8 Å². The molecule has 0 heterocycles. The maximum atomic E-state index is 8.97. The van der Waals surface area contributed by atoms with Crippen LogP contribution in [0.2, 0.25) is 0 Å². The number of nitrogen functional groups attached to an aromatic ring is 1. The fourth-order valence-electron chi connectivity index (χ4n) is 2.13. The molecule has 1 aromatic carbocycles. The number of nitrogens with two attached hydrogens (primary N) is 2. The molecule has 72 valence electrons. The van der Waals surface area contributed by atoms with Gasteiger partial charge in [0.1, 0.15) is 0 Å². The molecule has 2 rings (SSSR count). The third-order valence-electron chi connectivity index (χ3n) is 2.74. The van der Waals surface area contributed by atoms with Crippen LogP contribution in [-0.4, -0.2) is 0 Å². The Bertz CT molecular complexity index is 404. The van der Waals surface area contributed by atoms with E-state index in [4.69, 9.17) is 16.7 Å². The Morgan fingerprint density at radius 1 is 1.43 bits per heavy atom. The van der Waals surface area contributed by atoms with E-state index in [2.05, 4.69) is 6.07 Å². The quantitative estimate of drug-likeness (QED) is 0.604. The smallest absolute Gasteiger partial charge is 0.0996 e. The minimum Gasteiger partial charge on any atom is -0.399 e. The van der Waals surface area contributed by atoms with Crippen LogP contribution < -0.4 is 11.5 Å². The van der Waals surface area contributed by atoms with E-state index < -0.39 is 0 Å². The largest absolute Gasteiger partial charge is 0.399 e. The highest BCUT2D eigenvalue weighted by atomic mass is 14.6. The van der Waals surface area contributed by atoms with Gasteiger partial charge in [0.25, 0.3) is 0 Å². The summed E-state index contributed by atoms with van der Waals surface area (Å²) in [6.07, 6.45) is 3.04. The van der Waals surface area contributed by atoms with E-state index >= 15 is 0 Å². The molecule has 0 amide bonds. The highest BCUT2D eigenvalue weighted by molar-refractivity contribution is 5.55. The average Bonchev–Trinajstić information content (AvgIpc) is 2.16. The first-order valence-electron chi connectivity index (χ1n) is 4.80. The van der Waals surface area contributed by atoms with Gasteiger partial charge in [-0.15, -0.1) is 0 Å². The summed E-state index contributed by atoms with van der Waals surface area (Å²) in [5.41, 5.74) is 15.2. The zero-order chi connectivity index (χ0) is 10.1. The van der Waals surface area contributed by atoms with Crippen LogP contribution in [0, 0.1) is 11.3 Å². The third kappa shape index (κ3) is 1.34. The Kier molecular flexibility index (Phi) is 2.14. The van der Waals surface area contributed by atoms with Crippen LogP contribution in [-0.2, 0) is 6.42 Å². The van der Waals surface area contributed by atoms with Crippen LogP contribution >= 0.6 is 0 Å². The first-order valence-corrected chi connectivity index (χ1v) is 4.80. The molecular formula is C11H13N3. The molecule has 14 heavy (non-hydrogen) atoms. The van der Waals surface area contributed by atoms with Gasteiger partial charge in [-0.1, -0.05) is 0 Å². The predicted octanol–water partition coefficient (Wildman–Crippen LogP) is 1.48. The van der Waals surface area contributed by atoms with Crippen molar-refractivity contribution >= 4 is 5.69 Å². The number of fused-ring (bicyclic) bond motifs is 1. The summed E-state index contributed by atoms with van der Waals surface area (Å²) in [7, 11) is 0. The van der Waals surface area contributed by atoms with Crippen molar-refractivity contribution in [2.75, 3.05) is 5.73 Å². The van der Waals surface area contributed by atoms with Crippen molar-refractivity contribution in [3.05, 3.63) is 28.8 Å². The van der Waals surface area contributed by atoms with Gasteiger partial charge in [0.2, 0.25) is 0 Å². The van der Waals surface area contributed by atoms with Crippen molar-refractivity contribution in [2.45, 2.75) is 25.3 Å². The van der Waals surface area contributed by atoms with Crippen LogP contribution in [0.3, 0.4) is 0 Å². The van der Waals surface area contributed by atoms with Crippen molar-refractivity contribution in [1.82, 2.24) is 0 Å². The molecule has 4 N–H and O–H groups in total. The summed E-state index contributed by atoms with van der Waals surface area (Å²) in [5.74, 6) is 0. The lowest BCUT2D eigenvalue weighted by atomic mass is 9.85. The summed E-state index contributed by atoms with van der Waals surface area (Å²) in [6.45, 7) is 0. The lowest BCUT2D eigenvalue weighted by Gasteiger charge is -2.23. The number of aryl methyl sites for hydroxylation is 1. The number of hydrogen-bond donors (Lipinski definition) is 2. The number of nitriles is 1. The van der Waals surface area contributed by atoms with E-state index in [1.165, 1.54) is 0 Å². The summed E-state index contributed by atoms with van der Waals surface area (Å²) < 4.78 is 0. The van der Waals surface area contributed by atoms with Crippen molar-refractivity contribution in [2.24, 2.45) is 5.73 Å². The fraction of sp³-hybridized carbons (Fsp3) is 0.364. The van der Waals surface area contributed by atoms with Crippen LogP contribution in [0.5, 0.6) is 0 Å². The van der Waals surface area contributed by atoms with E-state index in [9.17, 15) is 0 Å². The number of nitrogens with zero attached hydrogens (tertiary/aromatic N) is 1. The van der Waals surface area contributed by atoms with Gasteiger partial charge in [-0.25, -0.2) is 0 Å². The van der Waals surface area contributed by atoms with Crippen LogP contribution in [0.4, 0.5) is 5.69 Å². The monoisotopic (exact) mass is 187 g/mol. The predicted molar refractivity (Wildman–Crippen MR) is 55.4 cm³/mol. The Labute approximate surface area is 83.3 Å². The van der Waals surface area contributed by atoms with Gasteiger partial charge in [-0.3, -0.25) is 0 Å². The van der Waals surface area contributed by atoms with E-state index in [1.807, 2.05) is 6.07 Å². The fourth-order valence-corrected chi connectivity index (χ4v) is 2.13. The van der Waals surface area contributed by atoms with Crippen molar-refractivity contribution < 1.29 is 0 Å². The molecule has 0 aromatic heterocycles. The first-order chi connectivity index (χ1) is 6.72. The van der Waals surface area contributed by atoms with Crippen molar-refractivity contribution in [1.29, 1.82) is 5.26 Å². The highest BCUT2D eigenvalue weighted by Crippen LogP contribution is 2.32. The van der Waals surface area contributed by atoms with Crippen molar-refractivity contribution in [3.63, 3.8) is 0 Å². The zero-order valence-electron chi connectivity index (χ0n) is 7.96. The average molecular weight is 187 g/mol. The third-order valence-corrected chi connectivity index (χ3v) is 2.74. The molecule has 1 aliphatic carbocycles. The highest BCUT2D eigenvalue weighted by Gasteiger charge is 2.20. The summed E-state index contributed by atoms with van der Waals surface area (Å²) in [6, 6.07) is 5.83. The van der Waals surface area contributed by atoms with Crippen molar-refractivity contribution in [3.8, 4) is 6.07 Å². The van der Waals surface area contributed by atoms with Gasteiger partial charge >= 0.3 is 0 Å². The van der Waals surface area contributed by atoms with Gasteiger partial charge in [0.15, 0.2) is 0 Å². The minimum absolute atomic E-state index is 0.00833. The van der Waals surface area contributed by atoms with E-state index in [0.717, 1.165) is 30.4 Å². The Morgan fingerprint density at radius 3 is 2.93 bits per heavy atom. The van der Waals surface area contributed by atoms with E-state index in [0.29, 0.717) is 11.3 Å². The molecule has 0 bridgehead atoms. The second-order valence-corrected chi connectivity index (χ2v) is 3.75. The number of rotatable bonds is 0. The molecule has 0 aliphatic heterocycles. The first kappa shape index (κ1) is 9.04. The van der Waals surface area contributed by atoms with Crippen LogP contribution in [0.1, 0.15) is 35.6 Å². The van der Waals surface area contributed by atoms with Gasteiger partial charge in [-0.05, 0) is 42.5 Å². The lowest BCUT2D eigenvalue weighted by molar-refractivity contribution is 0.569. The Morgan fingerprint density at radius 2 is 2.21 bits per heavy atom. The van der Waals surface area contributed by atoms with Gasteiger partial charge < -0.3 is 11.5 Å². The Hall–Kier alpha value is -1.53. The molecule has 0 fully saturated rings. The minimum atomic E-state index is 0.00833. The summed E-state index contributed by atoms with van der Waals surface area (Å²) in [5, 5.41) is 8.97. The number of anilines is 1. The number of hydrogen-bond acceptors (Lipinski definition) is 3. The molecular weight excluding hydrogens is 174 g/mol. The molecule has 1 aromatic rings. The van der Waals surface area contributed by atoms with E-state index in [-0.39, 0.29) is 6.04 Å². The standard InChI is InChI=1S/C11H13N3/c12-6-8-5-9(13)4-7-2-1-3-10(14)11(7)8/h4-5,10H,1-3,13-14H2. The number of benzene rings is 1. The van der Waals surface area contributed by atoms with Crippen LogP contribution in [0.25, 0.3) is 0 Å². The van der Waals surface area contributed by atoms with Gasteiger partial charge in [0.05, 0.1) is 11.6 Å². The second kappa shape index (κ2) is 3.32. The maximum Gasteiger partial charge on any atom is 0.0996 e.